The number of hydrogen-bond acceptors (Lipinski definition) is 4. The van der Waals surface area contributed by atoms with Gasteiger partial charge in [0.15, 0.2) is 5.82 Å². The summed E-state index contributed by atoms with van der Waals surface area (Å²) in [6.07, 6.45) is 1.69. The zero-order valence-electron chi connectivity index (χ0n) is 18.7. The summed E-state index contributed by atoms with van der Waals surface area (Å²) >= 11 is 0. The molecule has 0 spiro atoms. The van der Waals surface area contributed by atoms with Gasteiger partial charge in [-0.1, -0.05) is 65.0 Å². The average molecular weight is 436 g/mol. The Bertz CT molecular complexity index is 1210. The molecule has 0 bridgehead atoms. The maximum Gasteiger partial charge on any atom is 0.262 e. The molecule has 0 unspecified atom stereocenters. The molecule has 5 nitrogen and oxygen atoms in total. The largest absolute Gasteiger partial charge is 0.323 e. The fraction of sp³-hybridized carbons (Fsp3) is 0.320. The third-order valence-corrected chi connectivity index (χ3v) is 7.18. The summed E-state index contributed by atoms with van der Waals surface area (Å²) in [6, 6.07) is 18.8. The molecule has 3 aromatic rings. The van der Waals surface area contributed by atoms with E-state index in [9.17, 15) is 8.42 Å². The van der Waals surface area contributed by atoms with Crippen molar-refractivity contribution in [1.82, 2.24) is 4.98 Å². The molecule has 2 aromatic carbocycles. The lowest BCUT2D eigenvalue weighted by Gasteiger charge is -2.24. The monoisotopic (exact) mass is 435 g/mol. The van der Waals surface area contributed by atoms with E-state index < -0.39 is 10.0 Å². The van der Waals surface area contributed by atoms with Crippen LogP contribution in [0.15, 0.2) is 71.8 Å². The number of hydrogen-bond donors (Lipinski definition) is 1. The van der Waals surface area contributed by atoms with Gasteiger partial charge in [-0.15, -0.1) is 0 Å². The van der Waals surface area contributed by atoms with Crippen molar-refractivity contribution in [3.8, 4) is 0 Å². The van der Waals surface area contributed by atoms with Crippen LogP contribution in [0.4, 0.5) is 17.2 Å². The van der Waals surface area contributed by atoms with Crippen molar-refractivity contribution in [2.24, 2.45) is 0 Å². The van der Waals surface area contributed by atoms with Gasteiger partial charge in [0.1, 0.15) is 0 Å². The predicted octanol–water partition coefficient (Wildman–Crippen LogP) is 5.61. The van der Waals surface area contributed by atoms with Gasteiger partial charge in [-0.3, -0.25) is 4.72 Å². The first-order chi connectivity index (χ1) is 14.5. The van der Waals surface area contributed by atoms with Gasteiger partial charge in [0.2, 0.25) is 0 Å². The van der Waals surface area contributed by atoms with Crippen molar-refractivity contribution in [3.63, 3.8) is 0 Å². The Labute approximate surface area is 185 Å². The Morgan fingerprint density at radius 3 is 2.32 bits per heavy atom. The maximum atomic E-state index is 13.1. The number of sulfonamides is 1. The first-order valence-electron chi connectivity index (χ1n) is 10.4. The van der Waals surface area contributed by atoms with E-state index in [1.807, 2.05) is 24.3 Å². The molecule has 0 aliphatic carbocycles. The number of aromatic nitrogens is 1. The first-order valence-corrected chi connectivity index (χ1v) is 11.9. The first kappa shape index (κ1) is 21.4. The summed E-state index contributed by atoms with van der Waals surface area (Å²) in [5.74, 6) is 0.607. The fourth-order valence-electron chi connectivity index (χ4n) is 4.07. The summed E-state index contributed by atoms with van der Waals surface area (Å²) in [7, 11) is -3.75. The molecule has 162 valence electrons. The second-order valence-electron chi connectivity index (χ2n) is 9.74. The van der Waals surface area contributed by atoms with Gasteiger partial charge in [0.05, 0.1) is 10.6 Å². The molecule has 31 heavy (non-hydrogen) atoms. The minimum Gasteiger partial charge on any atom is -0.323 e. The molecule has 1 N–H and O–H groups in total. The van der Waals surface area contributed by atoms with Gasteiger partial charge in [-0.2, -0.15) is 0 Å². The molecule has 0 fully saturated rings. The van der Waals surface area contributed by atoms with Crippen LogP contribution in [0.3, 0.4) is 0 Å². The molecule has 0 amide bonds. The summed E-state index contributed by atoms with van der Waals surface area (Å²) in [4.78, 5) is 6.88. The summed E-state index contributed by atoms with van der Waals surface area (Å²) in [5, 5.41) is 0. The molecule has 2 heterocycles. The highest BCUT2D eigenvalue weighted by Crippen LogP contribution is 2.45. The lowest BCUT2D eigenvalue weighted by molar-refractivity contribution is 0.568. The van der Waals surface area contributed by atoms with Crippen molar-refractivity contribution in [2.45, 2.75) is 50.3 Å². The van der Waals surface area contributed by atoms with Gasteiger partial charge in [0.25, 0.3) is 10.0 Å². The van der Waals surface area contributed by atoms with Crippen molar-refractivity contribution in [2.75, 3.05) is 16.2 Å². The molecule has 1 aliphatic heterocycles. The van der Waals surface area contributed by atoms with Crippen molar-refractivity contribution >= 4 is 27.2 Å². The van der Waals surface area contributed by atoms with Crippen LogP contribution in [0.2, 0.25) is 0 Å². The number of nitrogens with zero attached hydrogens (tertiary/aromatic N) is 2. The van der Waals surface area contributed by atoms with Crippen LogP contribution in [0, 0.1) is 0 Å². The molecule has 0 radical (unpaired) electrons. The standard InChI is InChI=1S/C25H29N3O2S/c1-24(2,3)18-12-14-19(15-13-18)31(29,30)27-21-10-8-16-26-23(21)28-17-25(4,5)20-9-6-7-11-22(20)28/h6-16,27H,17H2,1-5H3. The Balaban J connectivity index is 1.69. The second kappa shape index (κ2) is 7.38. The summed E-state index contributed by atoms with van der Waals surface area (Å²) in [5.41, 5.74) is 3.74. The predicted molar refractivity (Wildman–Crippen MR) is 127 cm³/mol. The van der Waals surface area contributed by atoms with Crippen molar-refractivity contribution < 1.29 is 8.42 Å². The van der Waals surface area contributed by atoms with Gasteiger partial charge >= 0.3 is 0 Å². The smallest absolute Gasteiger partial charge is 0.262 e. The third kappa shape index (κ3) is 4.04. The number of fused-ring (bicyclic) bond motifs is 1. The normalized spacial score (nSPS) is 15.6. The van der Waals surface area contributed by atoms with Gasteiger partial charge < -0.3 is 4.90 Å². The van der Waals surface area contributed by atoms with Crippen LogP contribution in [0.5, 0.6) is 0 Å². The van der Waals surface area contributed by atoms with E-state index in [1.165, 1.54) is 5.56 Å². The number of nitrogens with one attached hydrogen (secondary N) is 1. The Morgan fingerprint density at radius 2 is 1.65 bits per heavy atom. The summed E-state index contributed by atoms with van der Waals surface area (Å²) < 4.78 is 29.1. The van der Waals surface area contributed by atoms with Gasteiger partial charge in [-0.25, -0.2) is 13.4 Å². The molecule has 0 atom stereocenters. The van der Waals surface area contributed by atoms with Gasteiger partial charge in [0, 0.05) is 23.8 Å². The van der Waals surface area contributed by atoms with E-state index in [1.54, 1.807) is 30.5 Å². The van der Waals surface area contributed by atoms with E-state index in [4.69, 9.17) is 0 Å². The molecule has 6 heteroatoms. The molecule has 4 rings (SSSR count). The lowest BCUT2D eigenvalue weighted by Crippen LogP contribution is -2.26. The highest BCUT2D eigenvalue weighted by atomic mass is 32.2. The van der Waals surface area contributed by atoms with Crippen LogP contribution in [-0.2, 0) is 20.9 Å². The van der Waals surface area contributed by atoms with Crippen molar-refractivity contribution in [1.29, 1.82) is 0 Å². The minimum absolute atomic E-state index is 0.0395. The quantitative estimate of drug-likeness (QED) is 0.579. The fourth-order valence-corrected chi connectivity index (χ4v) is 5.13. The van der Waals surface area contributed by atoms with E-state index in [2.05, 4.69) is 61.4 Å². The van der Waals surface area contributed by atoms with E-state index in [0.717, 1.165) is 17.8 Å². The maximum absolute atomic E-state index is 13.1. The zero-order valence-corrected chi connectivity index (χ0v) is 19.5. The molecule has 1 aliphatic rings. The van der Waals surface area contributed by atoms with Gasteiger partial charge in [-0.05, 0) is 46.9 Å². The molecular formula is C25H29N3O2S. The molecular weight excluding hydrogens is 406 g/mol. The van der Waals surface area contributed by atoms with Crippen LogP contribution in [-0.4, -0.2) is 19.9 Å². The van der Waals surface area contributed by atoms with Crippen LogP contribution >= 0.6 is 0 Å². The zero-order chi connectivity index (χ0) is 22.4. The van der Waals surface area contributed by atoms with Crippen LogP contribution in [0.1, 0.15) is 45.7 Å². The topological polar surface area (TPSA) is 62.3 Å². The van der Waals surface area contributed by atoms with Crippen LogP contribution in [0.25, 0.3) is 0 Å². The number of pyridine rings is 1. The van der Waals surface area contributed by atoms with Crippen molar-refractivity contribution in [3.05, 3.63) is 78.0 Å². The minimum atomic E-state index is -3.75. The Kier molecular flexibility index (Phi) is 5.09. The second-order valence-corrected chi connectivity index (χ2v) is 11.4. The average Bonchev–Trinajstić information content (AvgIpc) is 2.99. The Hall–Kier alpha value is -2.86. The van der Waals surface area contributed by atoms with E-state index >= 15 is 0 Å². The molecule has 0 saturated heterocycles. The Morgan fingerprint density at radius 1 is 0.968 bits per heavy atom. The van der Waals surface area contributed by atoms with E-state index in [-0.39, 0.29) is 15.7 Å². The number of anilines is 3. The summed E-state index contributed by atoms with van der Waals surface area (Å²) in [6.45, 7) is 11.4. The highest BCUT2D eigenvalue weighted by molar-refractivity contribution is 7.92. The highest BCUT2D eigenvalue weighted by Gasteiger charge is 2.37. The lowest BCUT2D eigenvalue weighted by atomic mass is 9.87. The van der Waals surface area contributed by atoms with E-state index in [0.29, 0.717) is 11.5 Å². The van der Waals surface area contributed by atoms with Crippen LogP contribution < -0.4 is 9.62 Å². The number of benzene rings is 2. The molecule has 1 aromatic heterocycles. The number of rotatable bonds is 4. The third-order valence-electron chi connectivity index (χ3n) is 5.79. The SMILES string of the molecule is CC(C)(C)c1ccc(S(=O)(=O)Nc2cccnc2N2CC(C)(C)c3ccccc32)cc1. The number of para-hydroxylation sites is 1. The molecule has 0 saturated carbocycles.